The van der Waals surface area contributed by atoms with E-state index in [9.17, 15) is 24.0 Å². The number of amides is 1. The molecule has 1 aliphatic heterocycles. The Kier molecular flexibility index (Phi) is 10.0. The lowest BCUT2D eigenvalue weighted by Gasteiger charge is -2.44. The maximum absolute atomic E-state index is 12.5. The van der Waals surface area contributed by atoms with Crippen LogP contribution in [-0.4, -0.2) is 73.6 Å². The van der Waals surface area contributed by atoms with E-state index < -0.39 is 73.6 Å². The van der Waals surface area contributed by atoms with Gasteiger partial charge in [-0.1, -0.05) is 17.7 Å². The predicted octanol–water partition coefficient (Wildman–Crippen LogP) is 0.573. The first-order valence-electron chi connectivity index (χ1n) is 10.8. The highest BCUT2D eigenvalue weighted by molar-refractivity contribution is 5.74. The van der Waals surface area contributed by atoms with E-state index in [0.717, 1.165) is 26.3 Å². The molecule has 0 spiro atoms. The lowest BCUT2D eigenvalue weighted by molar-refractivity contribution is -0.272. The topological polar surface area (TPSA) is 153 Å². The van der Waals surface area contributed by atoms with Gasteiger partial charge in [-0.15, -0.1) is 0 Å². The van der Waals surface area contributed by atoms with Crippen LogP contribution in [0.5, 0.6) is 5.75 Å². The van der Waals surface area contributed by atoms with Crippen LogP contribution in [0.1, 0.15) is 33.3 Å². The van der Waals surface area contributed by atoms with Gasteiger partial charge in [0, 0.05) is 27.7 Å². The largest absolute Gasteiger partial charge is 0.482 e. The summed E-state index contributed by atoms with van der Waals surface area (Å²) < 4.78 is 32.1. The zero-order valence-corrected chi connectivity index (χ0v) is 20.1. The van der Waals surface area contributed by atoms with Crippen LogP contribution in [0.2, 0.25) is 0 Å². The van der Waals surface area contributed by atoms with Gasteiger partial charge in [0.25, 0.3) is 0 Å². The van der Waals surface area contributed by atoms with E-state index in [-0.39, 0.29) is 0 Å². The fourth-order valence-corrected chi connectivity index (χ4v) is 3.33. The van der Waals surface area contributed by atoms with Crippen molar-refractivity contribution >= 4 is 29.8 Å². The number of rotatable bonds is 9. The molecule has 0 aliphatic carbocycles. The predicted molar refractivity (Wildman–Crippen MR) is 117 cm³/mol. The molecule has 1 N–H and O–H groups in total. The summed E-state index contributed by atoms with van der Waals surface area (Å²) in [7, 11) is 0. The molecule has 12 nitrogen and oxygen atoms in total. The lowest BCUT2D eigenvalue weighted by atomic mass is 9.96. The van der Waals surface area contributed by atoms with Crippen molar-refractivity contribution in [2.75, 3.05) is 13.2 Å². The lowest BCUT2D eigenvalue weighted by Crippen LogP contribution is -2.66. The Labute approximate surface area is 202 Å². The molecule has 35 heavy (non-hydrogen) atoms. The fraction of sp³-hybridized carbons (Fsp3) is 0.522. The van der Waals surface area contributed by atoms with E-state index in [4.69, 9.17) is 28.4 Å². The average Bonchev–Trinajstić information content (AvgIpc) is 2.75. The molecule has 5 atom stereocenters. The highest BCUT2D eigenvalue weighted by atomic mass is 16.7. The third kappa shape index (κ3) is 8.89. The fourth-order valence-electron chi connectivity index (χ4n) is 3.33. The van der Waals surface area contributed by atoms with E-state index in [1.54, 1.807) is 24.3 Å². The van der Waals surface area contributed by atoms with E-state index in [2.05, 4.69) is 5.32 Å². The molecule has 0 bridgehead atoms. The van der Waals surface area contributed by atoms with Gasteiger partial charge in [-0.25, -0.2) is 4.79 Å². The number of benzene rings is 1. The highest BCUT2D eigenvalue weighted by Gasteiger charge is 2.52. The highest BCUT2D eigenvalue weighted by Crippen LogP contribution is 2.28. The van der Waals surface area contributed by atoms with Gasteiger partial charge in [0.15, 0.2) is 18.8 Å². The molecule has 0 aromatic heterocycles. The number of hydrogen-bond acceptors (Lipinski definition) is 11. The van der Waals surface area contributed by atoms with Crippen LogP contribution in [-0.2, 0) is 47.7 Å². The van der Waals surface area contributed by atoms with E-state index in [1.165, 1.54) is 6.92 Å². The number of aryl methyl sites for hydroxylation is 1. The van der Waals surface area contributed by atoms with Crippen molar-refractivity contribution in [1.29, 1.82) is 0 Å². The van der Waals surface area contributed by atoms with Gasteiger partial charge in [0.2, 0.25) is 12.2 Å². The first-order valence-corrected chi connectivity index (χ1v) is 10.8. The van der Waals surface area contributed by atoms with Crippen LogP contribution in [0.4, 0.5) is 0 Å². The molecule has 1 aromatic rings. The maximum atomic E-state index is 12.5. The summed E-state index contributed by atoms with van der Waals surface area (Å²) in [6.45, 7) is 5.58. The van der Waals surface area contributed by atoms with Gasteiger partial charge in [-0.05, 0) is 19.1 Å². The smallest absolute Gasteiger partial charge is 0.346 e. The van der Waals surface area contributed by atoms with E-state index in [1.807, 2.05) is 6.92 Å². The Hall–Kier alpha value is -3.67. The maximum Gasteiger partial charge on any atom is 0.346 e. The Morgan fingerprint density at radius 2 is 1.46 bits per heavy atom. The van der Waals surface area contributed by atoms with Crippen molar-refractivity contribution < 1.29 is 52.4 Å². The minimum Gasteiger partial charge on any atom is -0.482 e. The van der Waals surface area contributed by atoms with Crippen molar-refractivity contribution in [3.8, 4) is 5.75 Å². The number of hydrogen-bond donors (Lipinski definition) is 1. The second-order valence-corrected chi connectivity index (χ2v) is 7.81. The Morgan fingerprint density at radius 3 is 2.00 bits per heavy atom. The Bertz CT molecular complexity index is 930. The number of carbonyl (C=O) groups is 5. The zero-order valence-electron chi connectivity index (χ0n) is 20.1. The third-order valence-corrected chi connectivity index (χ3v) is 4.70. The molecular formula is C23H29NO11. The van der Waals surface area contributed by atoms with Gasteiger partial charge in [-0.3, -0.25) is 19.2 Å². The average molecular weight is 495 g/mol. The number of esters is 4. The Morgan fingerprint density at radius 1 is 0.857 bits per heavy atom. The first-order chi connectivity index (χ1) is 16.5. The molecule has 1 fully saturated rings. The van der Waals surface area contributed by atoms with Crippen LogP contribution >= 0.6 is 0 Å². The minimum atomic E-state index is -1.50. The molecule has 1 amide bonds. The first kappa shape index (κ1) is 27.6. The summed E-state index contributed by atoms with van der Waals surface area (Å²) >= 11 is 0. The van der Waals surface area contributed by atoms with Crippen molar-refractivity contribution in [3.05, 3.63) is 29.8 Å². The standard InChI is InChI=1S/C23H29NO11/c1-12-6-8-17(9-7-12)31-11-19(29)35-23-20(24-13(2)25)22(33-16(5)28)21(32-15(4)27)18(34-23)10-30-14(3)26/h6-9,18,20-23H,10-11H2,1-5H3,(H,24,25). The van der Waals surface area contributed by atoms with E-state index >= 15 is 0 Å². The summed E-state index contributed by atoms with van der Waals surface area (Å²) in [4.78, 5) is 59.3. The van der Waals surface area contributed by atoms with Gasteiger partial charge in [-0.2, -0.15) is 0 Å². The van der Waals surface area contributed by atoms with Crippen molar-refractivity contribution in [1.82, 2.24) is 5.32 Å². The molecule has 0 radical (unpaired) electrons. The van der Waals surface area contributed by atoms with Gasteiger partial charge < -0.3 is 33.7 Å². The number of ether oxygens (including phenoxy) is 6. The SMILES string of the molecule is CC(=O)NC1C(OC(=O)COc2ccc(C)cc2)OC(COC(C)=O)C(OC(C)=O)C1OC(C)=O. The minimum absolute atomic E-state index is 0.411. The number of carbonyl (C=O) groups excluding carboxylic acids is 5. The summed E-state index contributed by atoms with van der Waals surface area (Å²) in [5, 5.41) is 2.50. The molecular weight excluding hydrogens is 466 g/mol. The Balaban J connectivity index is 2.28. The van der Waals surface area contributed by atoms with Crippen LogP contribution in [0, 0.1) is 6.92 Å². The van der Waals surface area contributed by atoms with Crippen molar-refractivity contribution in [2.45, 2.75) is 65.3 Å². The summed E-state index contributed by atoms with van der Waals surface area (Å²) in [5.41, 5.74) is 1.01. The molecule has 192 valence electrons. The molecule has 5 unspecified atom stereocenters. The van der Waals surface area contributed by atoms with Crippen LogP contribution < -0.4 is 10.1 Å². The monoisotopic (exact) mass is 495 g/mol. The van der Waals surface area contributed by atoms with E-state index in [0.29, 0.717) is 5.75 Å². The second-order valence-electron chi connectivity index (χ2n) is 7.81. The van der Waals surface area contributed by atoms with Gasteiger partial charge >= 0.3 is 23.9 Å². The number of nitrogens with one attached hydrogen (secondary N) is 1. The van der Waals surface area contributed by atoms with Gasteiger partial charge in [0.05, 0.1) is 0 Å². The third-order valence-electron chi connectivity index (χ3n) is 4.70. The van der Waals surface area contributed by atoms with Crippen molar-refractivity contribution in [3.63, 3.8) is 0 Å². The molecule has 2 rings (SSSR count). The molecule has 1 saturated heterocycles. The zero-order chi connectivity index (χ0) is 26.1. The van der Waals surface area contributed by atoms with Crippen LogP contribution in [0.25, 0.3) is 0 Å². The normalized spacial score (nSPS) is 23.4. The molecule has 12 heteroatoms. The summed E-state index contributed by atoms with van der Waals surface area (Å²) in [6, 6.07) is 5.70. The van der Waals surface area contributed by atoms with Crippen LogP contribution in [0.15, 0.2) is 24.3 Å². The summed E-state index contributed by atoms with van der Waals surface area (Å²) in [6.07, 6.45) is -5.30. The van der Waals surface area contributed by atoms with Gasteiger partial charge in [0.1, 0.15) is 24.5 Å². The molecule has 1 heterocycles. The molecule has 1 aromatic carbocycles. The van der Waals surface area contributed by atoms with Crippen LogP contribution in [0.3, 0.4) is 0 Å². The second kappa shape index (κ2) is 12.7. The molecule has 1 aliphatic rings. The van der Waals surface area contributed by atoms with Crippen molar-refractivity contribution in [2.24, 2.45) is 0 Å². The summed E-state index contributed by atoms with van der Waals surface area (Å²) in [5.74, 6) is -3.15. The molecule has 0 saturated carbocycles. The quantitative estimate of drug-likeness (QED) is 0.378.